The van der Waals surface area contributed by atoms with Gasteiger partial charge in [0, 0.05) is 12.1 Å². The van der Waals surface area contributed by atoms with Crippen molar-refractivity contribution < 1.29 is 0 Å². The van der Waals surface area contributed by atoms with Crippen molar-refractivity contribution in [2.75, 3.05) is 12.4 Å². The van der Waals surface area contributed by atoms with Crippen molar-refractivity contribution in [3.8, 4) is 0 Å². The molecular weight excluding hydrogens is 292 g/mol. The number of rotatable bonds is 3. The molecule has 0 saturated carbocycles. The second kappa shape index (κ2) is 6.24. The molecule has 106 valence electrons. The molecule has 1 aromatic carbocycles. The number of nitrogens with zero attached hydrogens (tertiary/aromatic N) is 2. The Balaban J connectivity index is 2.23. The van der Waals surface area contributed by atoms with Crippen LogP contribution in [-0.4, -0.2) is 21.9 Å². The van der Waals surface area contributed by atoms with E-state index < -0.39 is 0 Å². The summed E-state index contributed by atoms with van der Waals surface area (Å²) in [6.45, 7) is 4.69. The molecule has 0 aliphatic rings. The van der Waals surface area contributed by atoms with Gasteiger partial charge in [0.2, 0.25) is 0 Å². The average molecular weight is 309 g/mol. The van der Waals surface area contributed by atoms with Gasteiger partial charge >= 0.3 is 0 Å². The van der Waals surface area contributed by atoms with E-state index in [-0.39, 0.29) is 0 Å². The topological polar surface area (TPSA) is 41.9 Å². The molecule has 0 saturated heterocycles. The predicted molar refractivity (Wildman–Crippen MR) is 87.5 cm³/mol. The lowest BCUT2D eigenvalue weighted by molar-refractivity contribution is 0.659. The van der Waals surface area contributed by atoms with Gasteiger partial charge in [0.25, 0.3) is 0 Å². The number of thiocarbonyl (C=S) groups is 1. The Hall–Kier alpha value is -1.59. The summed E-state index contributed by atoms with van der Waals surface area (Å²) in [5, 5.41) is 11.9. The maximum absolute atomic E-state index is 5.89. The Morgan fingerprint density at radius 3 is 2.55 bits per heavy atom. The van der Waals surface area contributed by atoms with Crippen LogP contribution in [0.2, 0.25) is 5.02 Å². The molecule has 6 heteroatoms. The third-order valence-electron chi connectivity index (χ3n) is 3.09. The summed E-state index contributed by atoms with van der Waals surface area (Å²) >= 11 is 11.0. The molecule has 0 aliphatic heterocycles. The van der Waals surface area contributed by atoms with Crippen LogP contribution in [0.1, 0.15) is 17.0 Å². The van der Waals surface area contributed by atoms with Crippen LogP contribution < -0.4 is 10.6 Å². The van der Waals surface area contributed by atoms with Gasteiger partial charge in [0.15, 0.2) is 5.11 Å². The van der Waals surface area contributed by atoms with Crippen molar-refractivity contribution in [3.05, 3.63) is 46.2 Å². The molecule has 1 heterocycles. The van der Waals surface area contributed by atoms with Crippen LogP contribution in [0.3, 0.4) is 0 Å². The number of aromatic nitrogens is 2. The first-order valence-electron chi connectivity index (χ1n) is 6.28. The van der Waals surface area contributed by atoms with Gasteiger partial charge in [-0.05, 0) is 43.8 Å². The van der Waals surface area contributed by atoms with E-state index in [9.17, 15) is 0 Å². The third-order valence-corrected chi connectivity index (χ3v) is 3.65. The first-order valence-corrected chi connectivity index (χ1v) is 7.07. The van der Waals surface area contributed by atoms with E-state index in [1.165, 1.54) is 0 Å². The summed E-state index contributed by atoms with van der Waals surface area (Å²) in [6.07, 6.45) is 0. The number of hydrogen-bond acceptors (Lipinski definition) is 2. The highest BCUT2D eigenvalue weighted by atomic mass is 35.5. The summed E-state index contributed by atoms with van der Waals surface area (Å²) in [5.41, 5.74) is 4.09. The number of aryl methyl sites for hydroxylation is 1. The van der Waals surface area contributed by atoms with Crippen LogP contribution in [-0.2, 0) is 6.54 Å². The molecule has 2 rings (SSSR count). The molecule has 0 spiro atoms. The van der Waals surface area contributed by atoms with Gasteiger partial charge in [0.1, 0.15) is 0 Å². The fourth-order valence-electron chi connectivity index (χ4n) is 1.97. The largest absolute Gasteiger partial charge is 0.366 e. The molecular formula is C14H17ClN4S. The van der Waals surface area contributed by atoms with Crippen LogP contribution in [0.15, 0.2) is 24.3 Å². The number of nitrogens with one attached hydrogen (secondary N) is 2. The van der Waals surface area contributed by atoms with E-state index in [1.54, 1.807) is 7.05 Å². The Kier molecular flexibility index (Phi) is 4.62. The van der Waals surface area contributed by atoms with Crippen LogP contribution >= 0.6 is 23.8 Å². The van der Waals surface area contributed by atoms with E-state index >= 15 is 0 Å². The number of benzene rings is 1. The molecule has 0 fully saturated rings. The molecule has 0 aliphatic carbocycles. The molecule has 0 radical (unpaired) electrons. The molecule has 0 bridgehead atoms. The zero-order valence-corrected chi connectivity index (χ0v) is 13.3. The summed E-state index contributed by atoms with van der Waals surface area (Å²) in [7, 11) is 1.79. The zero-order chi connectivity index (χ0) is 14.7. The normalized spacial score (nSPS) is 10.4. The van der Waals surface area contributed by atoms with Crippen LogP contribution in [0.5, 0.6) is 0 Å². The fourth-order valence-corrected chi connectivity index (χ4v) is 2.20. The summed E-state index contributed by atoms with van der Waals surface area (Å²) in [6, 6.07) is 7.78. The van der Waals surface area contributed by atoms with E-state index in [2.05, 4.69) is 15.7 Å². The highest BCUT2D eigenvalue weighted by molar-refractivity contribution is 7.80. The van der Waals surface area contributed by atoms with E-state index in [0.29, 0.717) is 11.7 Å². The SMILES string of the molecule is CNC(=S)Nc1c(C)nn(Cc2ccc(Cl)cc2)c1C. The standard InChI is InChI=1S/C14H17ClN4S/c1-9-13(17-14(20)16-3)10(2)19(18-9)8-11-4-6-12(15)7-5-11/h4-7H,8H2,1-3H3,(H2,16,17,20). The molecule has 0 unspecified atom stereocenters. The van der Waals surface area contributed by atoms with Crippen molar-refractivity contribution in [3.63, 3.8) is 0 Å². The Labute approximate surface area is 129 Å². The lowest BCUT2D eigenvalue weighted by Crippen LogP contribution is -2.24. The molecule has 1 aromatic heterocycles. The predicted octanol–water partition coefficient (Wildman–Crippen LogP) is 3.12. The first kappa shape index (κ1) is 14.8. The fraction of sp³-hybridized carbons (Fsp3) is 0.286. The quantitative estimate of drug-likeness (QED) is 0.855. The second-order valence-corrected chi connectivity index (χ2v) is 5.38. The third kappa shape index (κ3) is 3.29. The van der Waals surface area contributed by atoms with E-state index in [0.717, 1.165) is 27.7 Å². The summed E-state index contributed by atoms with van der Waals surface area (Å²) in [5.74, 6) is 0. The van der Waals surface area contributed by atoms with Crippen molar-refractivity contribution in [1.29, 1.82) is 0 Å². The molecule has 0 amide bonds. The lowest BCUT2D eigenvalue weighted by atomic mass is 10.2. The summed E-state index contributed by atoms with van der Waals surface area (Å²) < 4.78 is 1.96. The maximum atomic E-state index is 5.89. The van der Waals surface area contributed by atoms with Crippen molar-refractivity contribution >= 4 is 34.6 Å². The zero-order valence-electron chi connectivity index (χ0n) is 11.7. The highest BCUT2D eigenvalue weighted by Gasteiger charge is 2.12. The van der Waals surface area contributed by atoms with Gasteiger partial charge in [-0.1, -0.05) is 23.7 Å². The molecule has 4 nitrogen and oxygen atoms in total. The first-order chi connectivity index (χ1) is 9.51. The van der Waals surface area contributed by atoms with E-state index in [1.807, 2.05) is 42.8 Å². The van der Waals surface area contributed by atoms with Gasteiger partial charge < -0.3 is 10.6 Å². The van der Waals surface area contributed by atoms with E-state index in [4.69, 9.17) is 23.8 Å². The monoisotopic (exact) mass is 308 g/mol. The van der Waals surface area contributed by atoms with Crippen LogP contribution in [0.25, 0.3) is 0 Å². The smallest absolute Gasteiger partial charge is 0.170 e. The lowest BCUT2D eigenvalue weighted by Gasteiger charge is -2.08. The van der Waals surface area contributed by atoms with Crippen molar-refractivity contribution in [1.82, 2.24) is 15.1 Å². The molecule has 20 heavy (non-hydrogen) atoms. The minimum atomic E-state index is 0.585. The number of halogens is 1. The molecule has 2 N–H and O–H groups in total. The van der Waals surface area contributed by atoms with Crippen molar-refractivity contribution in [2.24, 2.45) is 0 Å². The Morgan fingerprint density at radius 2 is 1.95 bits per heavy atom. The van der Waals surface area contributed by atoms with Gasteiger partial charge in [-0.2, -0.15) is 5.10 Å². The van der Waals surface area contributed by atoms with Gasteiger partial charge in [-0.25, -0.2) is 0 Å². The van der Waals surface area contributed by atoms with Crippen LogP contribution in [0.4, 0.5) is 5.69 Å². The maximum Gasteiger partial charge on any atom is 0.170 e. The Morgan fingerprint density at radius 1 is 1.30 bits per heavy atom. The van der Waals surface area contributed by atoms with Crippen molar-refractivity contribution in [2.45, 2.75) is 20.4 Å². The molecule has 0 atom stereocenters. The van der Waals surface area contributed by atoms with Crippen LogP contribution in [0, 0.1) is 13.8 Å². The minimum Gasteiger partial charge on any atom is -0.366 e. The summed E-state index contributed by atoms with van der Waals surface area (Å²) in [4.78, 5) is 0. The number of anilines is 1. The average Bonchev–Trinajstić information content (AvgIpc) is 2.69. The molecule has 2 aromatic rings. The van der Waals surface area contributed by atoms with Gasteiger partial charge in [0.05, 0.1) is 23.6 Å². The van der Waals surface area contributed by atoms with Gasteiger partial charge in [-0.15, -0.1) is 0 Å². The van der Waals surface area contributed by atoms with Gasteiger partial charge in [-0.3, -0.25) is 4.68 Å². The Bertz CT molecular complexity index is 619. The highest BCUT2D eigenvalue weighted by Crippen LogP contribution is 2.20. The second-order valence-electron chi connectivity index (χ2n) is 4.53. The minimum absolute atomic E-state index is 0.585. The number of hydrogen-bond donors (Lipinski definition) is 2.